The first-order valence-corrected chi connectivity index (χ1v) is 4.91. The summed E-state index contributed by atoms with van der Waals surface area (Å²) in [6.07, 6.45) is 0. The zero-order valence-corrected chi connectivity index (χ0v) is 8.59. The number of nitrogens with one attached hydrogen (secondary N) is 1. The highest BCUT2D eigenvalue weighted by atomic mass is 15.1. The van der Waals surface area contributed by atoms with Crippen LogP contribution in [0.4, 0.5) is 0 Å². The number of rotatable bonds is 1. The van der Waals surface area contributed by atoms with Gasteiger partial charge in [-0.25, -0.2) is 0 Å². The van der Waals surface area contributed by atoms with Gasteiger partial charge in [-0.3, -0.25) is 0 Å². The van der Waals surface area contributed by atoms with Crippen LogP contribution in [0.25, 0.3) is 0 Å². The molecule has 13 heavy (non-hydrogen) atoms. The summed E-state index contributed by atoms with van der Waals surface area (Å²) < 4.78 is 0. The molecule has 1 aromatic carbocycles. The summed E-state index contributed by atoms with van der Waals surface area (Å²) in [5.41, 5.74) is 3.14. The molecule has 0 radical (unpaired) electrons. The molecular weight excluding hydrogens is 158 g/mol. The lowest BCUT2D eigenvalue weighted by Gasteiger charge is -2.19. The van der Waals surface area contributed by atoms with Gasteiger partial charge in [-0.05, 0) is 16.5 Å². The Kier molecular flexibility index (Phi) is 1.92. The van der Waals surface area contributed by atoms with Crippen LogP contribution < -0.4 is 5.32 Å². The molecule has 0 bridgehead atoms. The van der Waals surface area contributed by atoms with Gasteiger partial charge in [0.1, 0.15) is 0 Å². The van der Waals surface area contributed by atoms with E-state index in [0.29, 0.717) is 6.04 Å². The van der Waals surface area contributed by atoms with E-state index in [4.69, 9.17) is 0 Å². The average Bonchev–Trinajstić information content (AvgIpc) is 2.85. The Morgan fingerprint density at radius 1 is 1.31 bits per heavy atom. The molecule has 1 saturated heterocycles. The monoisotopic (exact) mass is 175 g/mol. The van der Waals surface area contributed by atoms with E-state index in [1.807, 2.05) is 0 Å². The Morgan fingerprint density at radius 3 is 2.54 bits per heavy atom. The third-order valence-corrected chi connectivity index (χ3v) is 2.56. The molecule has 1 aromatic rings. The van der Waals surface area contributed by atoms with Crippen LogP contribution in [0.15, 0.2) is 24.3 Å². The lowest BCUT2D eigenvalue weighted by atomic mass is 9.86. The molecule has 0 aromatic heterocycles. The van der Waals surface area contributed by atoms with Crippen LogP contribution in [0, 0.1) is 0 Å². The predicted molar refractivity (Wildman–Crippen MR) is 55.9 cm³/mol. The Morgan fingerprint density at radius 2 is 2.00 bits per heavy atom. The minimum atomic E-state index is 0.269. The van der Waals surface area contributed by atoms with Crippen molar-refractivity contribution in [3.8, 4) is 0 Å². The van der Waals surface area contributed by atoms with E-state index >= 15 is 0 Å². The van der Waals surface area contributed by atoms with Crippen molar-refractivity contribution in [3.05, 3.63) is 35.4 Å². The van der Waals surface area contributed by atoms with E-state index in [9.17, 15) is 0 Å². The number of benzene rings is 1. The van der Waals surface area contributed by atoms with E-state index in [0.717, 1.165) is 6.54 Å². The second kappa shape index (κ2) is 2.85. The zero-order chi connectivity index (χ0) is 9.47. The van der Waals surface area contributed by atoms with Crippen LogP contribution in [0.2, 0.25) is 0 Å². The Hall–Kier alpha value is -0.820. The minimum Gasteiger partial charge on any atom is -0.307 e. The molecule has 1 N–H and O–H groups in total. The maximum Gasteiger partial charge on any atom is 0.0447 e. The van der Waals surface area contributed by atoms with Gasteiger partial charge in [0.05, 0.1) is 0 Å². The zero-order valence-electron chi connectivity index (χ0n) is 8.59. The molecule has 2 rings (SSSR count). The van der Waals surface area contributed by atoms with Gasteiger partial charge >= 0.3 is 0 Å². The van der Waals surface area contributed by atoms with Crippen LogP contribution in [0.1, 0.15) is 37.9 Å². The van der Waals surface area contributed by atoms with E-state index in [1.54, 1.807) is 0 Å². The molecule has 70 valence electrons. The maximum absolute atomic E-state index is 3.33. The Balaban J connectivity index is 2.32. The lowest BCUT2D eigenvalue weighted by molar-refractivity contribution is 0.589. The fourth-order valence-electron chi connectivity index (χ4n) is 1.52. The molecule has 0 saturated carbocycles. The molecule has 1 fully saturated rings. The fraction of sp³-hybridized carbons (Fsp3) is 0.500. The molecule has 1 heteroatoms. The van der Waals surface area contributed by atoms with Crippen LogP contribution in [-0.2, 0) is 5.41 Å². The van der Waals surface area contributed by atoms with Crippen LogP contribution >= 0.6 is 0 Å². The highest BCUT2D eigenvalue weighted by Gasteiger charge is 2.23. The van der Waals surface area contributed by atoms with Crippen molar-refractivity contribution in [2.75, 3.05) is 6.54 Å². The van der Waals surface area contributed by atoms with Crippen molar-refractivity contribution < 1.29 is 0 Å². The van der Waals surface area contributed by atoms with Crippen molar-refractivity contribution in [2.45, 2.75) is 32.2 Å². The fourth-order valence-corrected chi connectivity index (χ4v) is 1.52. The van der Waals surface area contributed by atoms with Crippen molar-refractivity contribution in [2.24, 2.45) is 0 Å². The van der Waals surface area contributed by atoms with Crippen LogP contribution in [0.3, 0.4) is 0 Å². The first-order chi connectivity index (χ1) is 6.07. The van der Waals surface area contributed by atoms with Gasteiger partial charge in [0.15, 0.2) is 0 Å². The van der Waals surface area contributed by atoms with E-state index in [1.165, 1.54) is 11.1 Å². The summed E-state index contributed by atoms with van der Waals surface area (Å²) in [5, 5.41) is 3.33. The normalized spacial score (nSPS) is 21.6. The molecule has 1 atom stereocenters. The van der Waals surface area contributed by atoms with Crippen molar-refractivity contribution >= 4 is 0 Å². The van der Waals surface area contributed by atoms with Gasteiger partial charge in [0, 0.05) is 12.6 Å². The van der Waals surface area contributed by atoms with Crippen molar-refractivity contribution in [1.29, 1.82) is 0 Å². The summed E-state index contributed by atoms with van der Waals surface area (Å²) in [4.78, 5) is 0. The van der Waals surface area contributed by atoms with Crippen LogP contribution in [0.5, 0.6) is 0 Å². The summed E-state index contributed by atoms with van der Waals surface area (Å²) in [7, 11) is 0. The maximum atomic E-state index is 3.33. The molecule has 0 amide bonds. The van der Waals surface area contributed by atoms with Crippen molar-refractivity contribution in [3.63, 3.8) is 0 Å². The average molecular weight is 175 g/mol. The second-order valence-corrected chi connectivity index (χ2v) is 4.84. The van der Waals surface area contributed by atoms with Crippen LogP contribution in [-0.4, -0.2) is 6.54 Å². The summed E-state index contributed by atoms with van der Waals surface area (Å²) in [5.74, 6) is 0. The predicted octanol–water partition coefficient (Wildman–Crippen LogP) is 2.63. The standard InChI is InChI=1S/C12H17N/c1-12(2,3)10-6-4-5-9(7-10)11-8-13-11/h4-7,11,13H,8H2,1-3H3. The molecule has 1 nitrogen and oxygen atoms in total. The molecule has 1 aliphatic rings. The Bertz CT molecular complexity index is 305. The molecular formula is C12H17N. The summed E-state index contributed by atoms with van der Waals surface area (Å²) >= 11 is 0. The third-order valence-electron chi connectivity index (χ3n) is 2.56. The number of hydrogen-bond acceptors (Lipinski definition) is 1. The molecule has 1 unspecified atom stereocenters. The topological polar surface area (TPSA) is 21.9 Å². The largest absolute Gasteiger partial charge is 0.307 e. The minimum absolute atomic E-state index is 0.269. The molecule has 0 aliphatic carbocycles. The first kappa shape index (κ1) is 8.76. The third kappa shape index (κ3) is 1.92. The second-order valence-electron chi connectivity index (χ2n) is 4.84. The summed E-state index contributed by atoms with van der Waals surface area (Å²) in [6.45, 7) is 7.92. The van der Waals surface area contributed by atoms with Gasteiger partial charge in [-0.2, -0.15) is 0 Å². The number of hydrogen-bond donors (Lipinski definition) is 1. The van der Waals surface area contributed by atoms with Gasteiger partial charge in [-0.15, -0.1) is 0 Å². The van der Waals surface area contributed by atoms with E-state index in [-0.39, 0.29) is 5.41 Å². The highest BCUT2D eigenvalue weighted by Crippen LogP contribution is 2.27. The smallest absolute Gasteiger partial charge is 0.0447 e. The van der Waals surface area contributed by atoms with Gasteiger partial charge < -0.3 is 5.32 Å². The first-order valence-electron chi connectivity index (χ1n) is 4.91. The molecule has 0 spiro atoms. The Labute approximate surface area is 80.2 Å². The van der Waals surface area contributed by atoms with Gasteiger partial charge in [0.2, 0.25) is 0 Å². The molecule has 1 heterocycles. The quantitative estimate of drug-likeness (QED) is 0.651. The summed E-state index contributed by atoms with van der Waals surface area (Å²) in [6, 6.07) is 9.54. The van der Waals surface area contributed by atoms with E-state index < -0.39 is 0 Å². The molecule has 1 aliphatic heterocycles. The van der Waals surface area contributed by atoms with Gasteiger partial charge in [0.25, 0.3) is 0 Å². The SMILES string of the molecule is CC(C)(C)c1cccc(C2CN2)c1. The van der Waals surface area contributed by atoms with E-state index in [2.05, 4.69) is 50.4 Å². The van der Waals surface area contributed by atoms with Gasteiger partial charge in [-0.1, -0.05) is 45.0 Å². The van der Waals surface area contributed by atoms with Crippen molar-refractivity contribution in [1.82, 2.24) is 5.32 Å². The lowest BCUT2D eigenvalue weighted by Crippen LogP contribution is -2.11. The highest BCUT2D eigenvalue weighted by molar-refractivity contribution is 5.32.